The van der Waals surface area contributed by atoms with Crippen molar-refractivity contribution in [2.24, 2.45) is 0 Å². The topological polar surface area (TPSA) is 3.24 Å². The molecule has 1 aromatic rings. The largest absolute Gasteiger partial charge is 0.373 e. The summed E-state index contributed by atoms with van der Waals surface area (Å²) in [6.07, 6.45) is 0. The van der Waals surface area contributed by atoms with Crippen molar-refractivity contribution in [3.63, 3.8) is 0 Å². The zero-order chi connectivity index (χ0) is 10.5. The Balaban J connectivity index is 2.64. The maximum absolute atomic E-state index is 13.4. The summed E-state index contributed by atoms with van der Waals surface area (Å²) in [5.74, 6) is -0.174. The first kappa shape index (κ1) is 9.97. The van der Waals surface area contributed by atoms with Crippen molar-refractivity contribution in [3.05, 3.63) is 28.0 Å². The fourth-order valence-electron chi connectivity index (χ4n) is 2.16. The number of likely N-dealkylation sites (N-methyl/N-ethyl adjacent to an activating group) is 1. The molecular formula is C11H13BrFN. The Kier molecular flexibility index (Phi) is 2.11. The van der Waals surface area contributed by atoms with Gasteiger partial charge in [-0.05, 0) is 33.6 Å². The normalized spacial score (nSPS) is 18.5. The number of fused-ring (bicyclic) bond motifs is 1. The van der Waals surface area contributed by atoms with Gasteiger partial charge >= 0.3 is 0 Å². The predicted molar refractivity (Wildman–Crippen MR) is 60.4 cm³/mol. The van der Waals surface area contributed by atoms with Crippen LogP contribution in [0.15, 0.2) is 16.6 Å². The zero-order valence-corrected chi connectivity index (χ0v) is 10.2. The Morgan fingerprint density at radius 3 is 2.71 bits per heavy atom. The van der Waals surface area contributed by atoms with Gasteiger partial charge in [-0.25, -0.2) is 4.39 Å². The summed E-state index contributed by atoms with van der Waals surface area (Å²) in [5.41, 5.74) is 2.27. The molecular weight excluding hydrogens is 245 g/mol. The van der Waals surface area contributed by atoms with Crippen LogP contribution in [0.5, 0.6) is 0 Å². The third-order valence-corrected chi connectivity index (χ3v) is 3.42. The van der Waals surface area contributed by atoms with Crippen LogP contribution in [-0.2, 0) is 5.41 Å². The van der Waals surface area contributed by atoms with E-state index in [1.807, 2.05) is 13.1 Å². The molecule has 1 aromatic carbocycles. The summed E-state index contributed by atoms with van der Waals surface area (Å²) in [5, 5.41) is 0. The monoisotopic (exact) mass is 257 g/mol. The average molecular weight is 258 g/mol. The summed E-state index contributed by atoms with van der Waals surface area (Å²) < 4.78 is 13.9. The third-order valence-electron chi connectivity index (χ3n) is 2.81. The number of halogens is 2. The van der Waals surface area contributed by atoms with Gasteiger partial charge in [0.15, 0.2) is 0 Å². The number of benzene rings is 1. The minimum Gasteiger partial charge on any atom is -0.373 e. The molecule has 0 N–H and O–H groups in total. The molecule has 3 heteroatoms. The van der Waals surface area contributed by atoms with E-state index in [1.54, 1.807) is 6.07 Å². The number of nitrogens with zero attached hydrogens (tertiary/aromatic N) is 1. The Labute approximate surface area is 92.0 Å². The van der Waals surface area contributed by atoms with Crippen LogP contribution in [0.3, 0.4) is 0 Å². The van der Waals surface area contributed by atoms with Crippen LogP contribution in [0.1, 0.15) is 19.4 Å². The molecule has 0 aliphatic carbocycles. The van der Waals surface area contributed by atoms with Crippen molar-refractivity contribution in [1.29, 1.82) is 0 Å². The zero-order valence-electron chi connectivity index (χ0n) is 8.56. The smallest absolute Gasteiger partial charge is 0.137 e. The van der Waals surface area contributed by atoms with Crippen LogP contribution in [-0.4, -0.2) is 13.6 Å². The molecule has 1 heterocycles. The Hall–Kier alpha value is -0.570. The highest BCUT2D eigenvalue weighted by Crippen LogP contribution is 2.41. The summed E-state index contributed by atoms with van der Waals surface area (Å²) in [7, 11) is 2.04. The lowest BCUT2D eigenvalue weighted by molar-refractivity contribution is 0.554. The van der Waals surface area contributed by atoms with Gasteiger partial charge in [0.1, 0.15) is 5.82 Å². The van der Waals surface area contributed by atoms with Gasteiger partial charge in [0, 0.05) is 24.7 Å². The number of rotatable bonds is 0. The second kappa shape index (κ2) is 2.96. The van der Waals surface area contributed by atoms with E-state index < -0.39 is 0 Å². The van der Waals surface area contributed by atoms with Gasteiger partial charge < -0.3 is 4.90 Å². The van der Waals surface area contributed by atoms with E-state index >= 15 is 0 Å². The first-order valence-electron chi connectivity index (χ1n) is 4.62. The minimum absolute atomic E-state index is 0.0472. The van der Waals surface area contributed by atoms with Crippen LogP contribution < -0.4 is 4.90 Å². The lowest BCUT2D eigenvalue weighted by Crippen LogP contribution is -2.24. The highest BCUT2D eigenvalue weighted by atomic mass is 79.9. The van der Waals surface area contributed by atoms with Crippen molar-refractivity contribution < 1.29 is 4.39 Å². The van der Waals surface area contributed by atoms with Crippen LogP contribution in [0, 0.1) is 5.82 Å². The van der Waals surface area contributed by atoms with E-state index in [0.29, 0.717) is 4.47 Å². The summed E-state index contributed by atoms with van der Waals surface area (Å²) in [4.78, 5) is 2.17. The van der Waals surface area contributed by atoms with Crippen LogP contribution in [0.2, 0.25) is 0 Å². The van der Waals surface area contributed by atoms with Gasteiger partial charge in [-0.3, -0.25) is 0 Å². The molecule has 0 saturated heterocycles. The van der Waals surface area contributed by atoms with Gasteiger partial charge in [0.25, 0.3) is 0 Å². The Bertz CT molecular complexity index is 387. The van der Waals surface area contributed by atoms with Crippen molar-refractivity contribution in [2.45, 2.75) is 19.3 Å². The van der Waals surface area contributed by atoms with Crippen LogP contribution in [0.25, 0.3) is 0 Å². The molecule has 1 aliphatic rings. The fraction of sp³-hybridized carbons (Fsp3) is 0.455. The summed E-state index contributed by atoms with van der Waals surface area (Å²) in [6.45, 7) is 5.23. The molecule has 14 heavy (non-hydrogen) atoms. The van der Waals surface area contributed by atoms with E-state index in [0.717, 1.165) is 17.8 Å². The average Bonchev–Trinajstić information content (AvgIpc) is 2.26. The van der Waals surface area contributed by atoms with E-state index in [1.165, 1.54) is 0 Å². The molecule has 0 bridgehead atoms. The molecule has 76 valence electrons. The van der Waals surface area contributed by atoms with Crippen LogP contribution >= 0.6 is 15.9 Å². The molecule has 0 aromatic heterocycles. The second-order valence-electron chi connectivity index (χ2n) is 4.52. The van der Waals surface area contributed by atoms with Crippen molar-refractivity contribution in [1.82, 2.24) is 0 Å². The molecule has 0 unspecified atom stereocenters. The van der Waals surface area contributed by atoms with E-state index in [-0.39, 0.29) is 11.2 Å². The highest BCUT2D eigenvalue weighted by Gasteiger charge is 2.34. The standard InChI is InChI=1S/C11H13BrFN/c1-11(2)6-14(3)10-5-8(12)9(13)4-7(10)11/h4-5H,6H2,1-3H3. The Morgan fingerprint density at radius 1 is 1.43 bits per heavy atom. The van der Waals surface area contributed by atoms with Gasteiger partial charge in [0.2, 0.25) is 0 Å². The molecule has 1 nitrogen and oxygen atoms in total. The second-order valence-corrected chi connectivity index (χ2v) is 5.38. The van der Waals surface area contributed by atoms with Gasteiger partial charge in [-0.15, -0.1) is 0 Å². The molecule has 1 aliphatic heterocycles. The molecule has 0 radical (unpaired) electrons. The molecule has 0 atom stereocenters. The molecule has 0 fully saturated rings. The Morgan fingerprint density at radius 2 is 2.07 bits per heavy atom. The quantitative estimate of drug-likeness (QED) is 0.690. The van der Waals surface area contributed by atoms with Crippen molar-refractivity contribution in [2.75, 3.05) is 18.5 Å². The lowest BCUT2D eigenvalue weighted by atomic mass is 9.87. The third kappa shape index (κ3) is 1.34. The van der Waals surface area contributed by atoms with Gasteiger partial charge in [-0.2, -0.15) is 0 Å². The van der Waals surface area contributed by atoms with Gasteiger partial charge in [0.05, 0.1) is 4.47 Å². The van der Waals surface area contributed by atoms with E-state index in [9.17, 15) is 4.39 Å². The molecule has 0 amide bonds. The molecule has 0 saturated carbocycles. The first-order valence-corrected chi connectivity index (χ1v) is 5.42. The van der Waals surface area contributed by atoms with Crippen LogP contribution in [0.4, 0.5) is 10.1 Å². The van der Waals surface area contributed by atoms with E-state index in [2.05, 4.69) is 34.7 Å². The van der Waals surface area contributed by atoms with Crippen molar-refractivity contribution >= 4 is 21.6 Å². The number of anilines is 1. The number of hydrogen-bond donors (Lipinski definition) is 0. The first-order chi connectivity index (χ1) is 6.42. The maximum atomic E-state index is 13.4. The SMILES string of the molecule is CN1CC(C)(C)c2cc(F)c(Br)cc21. The fourth-order valence-corrected chi connectivity index (χ4v) is 2.49. The minimum atomic E-state index is -0.174. The summed E-state index contributed by atoms with van der Waals surface area (Å²) >= 11 is 3.21. The van der Waals surface area contributed by atoms with E-state index in [4.69, 9.17) is 0 Å². The molecule has 2 rings (SSSR count). The number of hydrogen-bond acceptors (Lipinski definition) is 1. The predicted octanol–water partition coefficient (Wildman–Crippen LogP) is 3.32. The molecule has 0 spiro atoms. The lowest BCUT2D eigenvalue weighted by Gasteiger charge is -2.18. The van der Waals surface area contributed by atoms with Crippen molar-refractivity contribution in [3.8, 4) is 0 Å². The maximum Gasteiger partial charge on any atom is 0.137 e. The summed E-state index contributed by atoms with van der Waals surface area (Å²) in [6, 6.07) is 3.50. The van der Waals surface area contributed by atoms with Gasteiger partial charge in [-0.1, -0.05) is 13.8 Å². The highest BCUT2D eigenvalue weighted by molar-refractivity contribution is 9.10.